The van der Waals surface area contributed by atoms with E-state index in [-0.39, 0.29) is 0 Å². The second-order valence-electron chi connectivity index (χ2n) is 14.7. The van der Waals surface area contributed by atoms with Gasteiger partial charge in [0.1, 0.15) is 5.52 Å². The zero-order valence-electron chi connectivity index (χ0n) is 31.6. The maximum absolute atomic E-state index is 6.58. The molecule has 1 aromatic heterocycles. The maximum Gasteiger partial charge on any atom is 0.227 e. The lowest BCUT2D eigenvalue weighted by molar-refractivity contribution is 0.623. The summed E-state index contributed by atoms with van der Waals surface area (Å²) in [5.41, 5.74) is 13.1. The van der Waals surface area contributed by atoms with Crippen LogP contribution in [0, 0.1) is 0 Å². The number of nitrogens with zero attached hydrogens (tertiary/aromatic N) is 2. The van der Waals surface area contributed by atoms with Gasteiger partial charge in [-0.05, 0) is 116 Å². The van der Waals surface area contributed by atoms with Crippen molar-refractivity contribution >= 4 is 60.5 Å². The molecule has 0 radical (unpaired) electrons. The van der Waals surface area contributed by atoms with Crippen molar-refractivity contribution in [3.8, 4) is 44.8 Å². The highest BCUT2D eigenvalue weighted by molar-refractivity contribution is 6.27. The molecule has 0 atom stereocenters. The molecule has 0 spiro atoms. The summed E-state index contributed by atoms with van der Waals surface area (Å²) in [5, 5.41) is 6.97. The van der Waals surface area contributed by atoms with Gasteiger partial charge in [-0.2, -0.15) is 0 Å². The third-order valence-electron chi connectivity index (χ3n) is 11.3. The fraction of sp³-hybridized carbons (Fsp3) is 0. The van der Waals surface area contributed by atoms with E-state index < -0.39 is 0 Å². The Morgan fingerprint density at radius 1 is 0.345 bits per heavy atom. The molecule has 11 rings (SSSR count). The van der Waals surface area contributed by atoms with Gasteiger partial charge < -0.3 is 9.32 Å². The average Bonchev–Trinajstić information content (AvgIpc) is 3.75. The SMILES string of the molecule is c1ccc(-c2cccc(-c3ccc(N(c4ccccc4)c4ccc(-c5cccc6c5ccc5ccc7ccc8nc(-c9ccccc9)oc8c7c56)cc4)cc3)c2)cc1. The second kappa shape index (κ2) is 14.1. The molecule has 0 aliphatic rings. The molecule has 0 saturated heterocycles. The van der Waals surface area contributed by atoms with Crippen molar-refractivity contribution in [2.24, 2.45) is 0 Å². The van der Waals surface area contributed by atoms with Gasteiger partial charge in [0, 0.05) is 33.4 Å². The number of hydrogen-bond donors (Lipinski definition) is 0. The van der Waals surface area contributed by atoms with Gasteiger partial charge in [0.15, 0.2) is 5.58 Å². The molecule has 58 heavy (non-hydrogen) atoms. The highest BCUT2D eigenvalue weighted by Crippen LogP contribution is 2.42. The number of oxazole rings is 1. The molecular weight excluding hydrogens is 705 g/mol. The van der Waals surface area contributed by atoms with Crippen LogP contribution in [0.1, 0.15) is 0 Å². The Kier molecular flexibility index (Phi) is 8.15. The van der Waals surface area contributed by atoms with E-state index >= 15 is 0 Å². The van der Waals surface area contributed by atoms with Crippen molar-refractivity contribution in [1.82, 2.24) is 4.98 Å². The monoisotopic (exact) mass is 740 g/mol. The maximum atomic E-state index is 6.58. The minimum Gasteiger partial charge on any atom is -0.435 e. The molecule has 1 heterocycles. The van der Waals surface area contributed by atoms with E-state index in [9.17, 15) is 0 Å². The van der Waals surface area contributed by atoms with Crippen molar-refractivity contribution in [1.29, 1.82) is 0 Å². The summed E-state index contributed by atoms with van der Waals surface area (Å²) in [5.74, 6) is 0.634. The predicted octanol–water partition coefficient (Wildman–Crippen LogP) is 15.4. The summed E-state index contributed by atoms with van der Waals surface area (Å²) in [6, 6.07) is 77.7. The van der Waals surface area contributed by atoms with Gasteiger partial charge in [0.25, 0.3) is 0 Å². The molecule has 0 bridgehead atoms. The summed E-state index contributed by atoms with van der Waals surface area (Å²) < 4.78 is 6.58. The smallest absolute Gasteiger partial charge is 0.227 e. The van der Waals surface area contributed by atoms with E-state index in [0.717, 1.165) is 50.1 Å². The molecule has 0 unspecified atom stereocenters. The van der Waals surface area contributed by atoms with Crippen molar-refractivity contribution in [3.63, 3.8) is 0 Å². The van der Waals surface area contributed by atoms with Crippen LogP contribution < -0.4 is 4.90 Å². The zero-order valence-corrected chi connectivity index (χ0v) is 31.6. The lowest BCUT2D eigenvalue weighted by Crippen LogP contribution is -2.09. The Morgan fingerprint density at radius 2 is 0.862 bits per heavy atom. The van der Waals surface area contributed by atoms with Crippen molar-refractivity contribution < 1.29 is 4.42 Å². The van der Waals surface area contributed by atoms with Crippen LogP contribution in [-0.2, 0) is 0 Å². The molecule has 0 saturated carbocycles. The number of rotatable bonds is 7. The summed E-state index contributed by atoms with van der Waals surface area (Å²) in [7, 11) is 0. The lowest BCUT2D eigenvalue weighted by Gasteiger charge is -2.26. The van der Waals surface area contributed by atoms with Gasteiger partial charge >= 0.3 is 0 Å². The van der Waals surface area contributed by atoms with Crippen molar-refractivity contribution in [3.05, 3.63) is 218 Å². The molecule has 0 aliphatic carbocycles. The summed E-state index contributed by atoms with van der Waals surface area (Å²) in [6.45, 7) is 0. The van der Waals surface area contributed by atoms with E-state index in [1.165, 1.54) is 49.4 Å². The predicted molar refractivity (Wildman–Crippen MR) is 243 cm³/mol. The van der Waals surface area contributed by atoms with E-state index in [1.807, 2.05) is 30.3 Å². The summed E-state index contributed by atoms with van der Waals surface area (Å²) in [4.78, 5) is 7.23. The fourth-order valence-corrected chi connectivity index (χ4v) is 8.46. The van der Waals surface area contributed by atoms with Crippen LogP contribution in [0.5, 0.6) is 0 Å². The van der Waals surface area contributed by atoms with Crippen LogP contribution >= 0.6 is 0 Å². The van der Waals surface area contributed by atoms with E-state index in [2.05, 4.69) is 193 Å². The molecule has 0 amide bonds. The molecule has 10 aromatic carbocycles. The van der Waals surface area contributed by atoms with E-state index in [0.29, 0.717) is 5.89 Å². The third-order valence-corrected chi connectivity index (χ3v) is 11.3. The lowest BCUT2D eigenvalue weighted by atomic mass is 9.92. The minimum atomic E-state index is 0.634. The number of fused-ring (bicyclic) bond motifs is 7. The molecule has 272 valence electrons. The molecule has 3 nitrogen and oxygen atoms in total. The standard InChI is InChI=1S/C55H36N2O/c1-4-12-37(13-5-1)43-16-10-17-44(36-43)38-24-30-46(31-25-38)57(45-18-8-3-9-19-45)47-32-26-39(27-33-47)48-20-11-21-50-49(48)34-28-40-22-23-41-29-35-51-54(53(41)52(40)50)58-55(56-51)42-14-6-2-7-15-42/h1-36H. The first kappa shape index (κ1) is 33.6. The first-order valence-electron chi connectivity index (χ1n) is 19.7. The van der Waals surface area contributed by atoms with Gasteiger partial charge in [-0.25, -0.2) is 4.98 Å². The molecule has 0 N–H and O–H groups in total. The first-order valence-corrected chi connectivity index (χ1v) is 19.7. The van der Waals surface area contributed by atoms with Crippen LogP contribution in [-0.4, -0.2) is 4.98 Å². The Bertz CT molecular complexity index is 3240. The Balaban J connectivity index is 0.979. The van der Waals surface area contributed by atoms with Crippen LogP contribution in [0.4, 0.5) is 17.1 Å². The van der Waals surface area contributed by atoms with Crippen LogP contribution in [0.3, 0.4) is 0 Å². The number of hydrogen-bond acceptors (Lipinski definition) is 3. The molecule has 0 fully saturated rings. The number of benzene rings is 10. The third kappa shape index (κ3) is 5.89. The van der Waals surface area contributed by atoms with Gasteiger partial charge in [-0.1, -0.05) is 158 Å². The topological polar surface area (TPSA) is 29.3 Å². The van der Waals surface area contributed by atoms with Crippen molar-refractivity contribution in [2.75, 3.05) is 4.90 Å². The zero-order chi connectivity index (χ0) is 38.4. The Morgan fingerprint density at radius 3 is 1.55 bits per heavy atom. The molecule has 3 heteroatoms. The summed E-state index contributed by atoms with van der Waals surface area (Å²) >= 11 is 0. The largest absolute Gasteiger partial charge is 0.435 e. The van der Waals surface area contributed by atoms with Gasteiger partial charge in [-0.15, -0.1) is 0 Å². The minimum absolute atomic E-state index is 0.634. The molecule has 0 aliphatic heterocycles. The Hall–Kier alpha value is -7.75. The number of para-hydroxylation sites is 1. The molecule has 11 aromatic rings. The average molecular weight is 741 g/mol. The van der Waals surface area contributed by atoms with Gasteiger partial charge in [-0.3, -0.25) is 0 Å². The van der Waals surface area contributed by atoms with E-state index in [1.54, 1.807) is 0 Å². The number of anilines is 3. The van der Waals surface area contributed by atoms with Gasteiger partial charge in [0.05, 0.1) is 0 Å². The normalized spacial score (nSPS) is 11.4. The fourth-order valence-electron chi connectivity index (χ4n) is 8.46. The Labute approximate surface area is 336 Å². The highest BCUT2D eigenvalue weighted by Gasteiger charge is 2.17. The first-order chi connectivity index (χ1) is 28.7. The van der Waals surface area contributed by atoms with Crippen LogP contribution in [0.2, 0.25) is 0 Å². The van der Waals surface area contributed by atoms with Crippen molar-refractivity contribution in [2.45, 2.75) is 0 Å². The summed E-state index contributed by atoms with van der Waals surface area (Å²) in [6.07, 6.45) is 0. The second-order valence-corrected chi connectivity index (χ2v) is 14.7. The van der Waals surface area contributed by atoms with Crippen LogP contribution in [0.15, 0.2) is 223 Å². The van der Waals surface area contributed by atoms with Crippen LogP contribution in [0.25, 0.3) is 88.3 Å². The quantitative estimate of drug-likeness (QED) is 0.152. The molecular formula is C55H36N2O. The van der Waals surface area contributed by atoms with Gasteiger partial charge in [0.2, 0.25) is 5.89 Å². The van der Waals surface area contributed by atoms with E-state index in [4.69, 9.17) is 9.40 Å². The number of aromatic nitrogens is 1. The highest BCUT2D eigenvalue weighted by atomic mass is 16.3.